The topological polar surface area (TPSA) is 151 Å². The van der Waals surface area contributed by atoms with E-state index in [2.05, 4.69) is 33.0 Å². The highest BCUT2D eigenvalue weighted by molar-refractivity contribution is 7.91. The number of sulfone groups is 1. The van der Waals surface area contributed by atoms with Crippen molar-refractivity contribution in [3.05, 3.63) is 53.3 Å². The van der Waals surface area contributed by atoms with Gasteiger partial charge in [0.15, 0.2) is 27.3 Å². The number of anilines is 4. The Hall–Kier alpha value is -4.39. The Labute approximate surface area is 248 Å². The lowest BCUT2D eigenvalue weighted by molar-refractivity contribution is -0.118. The molecule has 4 aliphatic rings. The van der Waals surface area contributed by atoms with Crippen LogP contribution in [0.15, 0.2) is 36.4 Å². The summed E-state index contributed by atoms with van der Waals surface area (Å²) in [6.07, 6.45) is 0.727. The van der Waals surface area contributed by atoms with Crippen molar-refractivity contribution in [3.63, 3.8) is 0 Å². The number of methoxy groups -OCH3 is 1. The van der Waals surface area contributed by atoms with Gasteiger partial charge in [0.2, 0.25) is 11.7 Å². The van der Waals surface area contributed by atoms with Gasteiger partial charge in [-0.15, -0.1) is 0 Å². The third-order valence-electron chi connectivity index (χ3n) is 9.15. The van der Waals surface area contributed by atoms with E-state index in [1.165, 1.54) is 0 Å². The number of ether oxygens (including phenoxy) is 2. The van der Waals surface area contributed by atoms with E-state index in [0.29, 0.717) is 35.6 Å². The second kappa shape index (κ2) is 9.06. The SMILES string of the molecule is COc1ccc2c(c1)[C@]1(C[C@H]1c1ccc3c(Nc4nc(C(C)C)nc5c4OCC4CS(=O)(=O)CCN54)n[nH]c3c1)C(=O)N2. The maximum absolute atomic E-state index is 13.1. The first-order valence-corrected chi connectivity index (χ1v) is 16.3. The zero-order valence-electron chi connectivity index (χ0n) is 24.0. The number of benzene rings is 2. The molecular formula is C30H31N7O5S. The molecule has 1 amide bonds. The minimum Gasteiger partial charge on any atom is -0.497 e. The Morgan fingerprint density at radius 2 is 2.02 bits per heavy atom. The van der Waals surface area contributed by atoms with Crippen LogP contribution in [0.2, 0.25) is 0 Å². The number of hydrogen-bond donors (Lipinski definition) is 3. The second-order valence-corrected chi connectivity index (χ2v) is 14.3. The van der Waals surface area contributed by atoms with Crippen LogP contribution in [0.1, 0.15) is 49.1 Å². The first-order chi connectivity index (χ1) is 20.7. The molecule has 12 nitrogen and oxygen atoms in total. The number of aromatic amines is 1. The summed E-state index contributed by atoms with van der Waals surface area (Å²) in [7, 11) is -1.48. The Morgan fingerprint density at radius 3 is 2.84 bits per heavy atom. The fourth-order valence-electron chi connectivity index (χ4n) is 6.77. The van der Waals surface area contributed by atoms with Crippen LogP contribution in [-0.2, 0) is 20.0 Å². The highest BCUT2D eigenvalue weighted by atomic mass is 32.2. The molecule has 13 heteroatoms. The Kier molecular flexibility index (Phi) is 5.53. The summed E-state index contributed by atoms with van der Waals surface area (Å²) in [5, 5.41) is 15.0. The van der Waals surface area contributed by atoms with E-state index in [4.69, 9.17) is 19.4 Å². The van der Waals surface area contributed by atoms with Crippen molar-refractivity contribution in [2.45, 2.75) is 43.6 Å². The van der Waals surface area contributed by atoms with Gasteiger partial charge in [-0.2, -0.15) is 5.10 Å². The van der Waals surface area contributed by atoms with Gasteiger partial charge in [0, 0.05) is 29.5 Å². The molecule has 0 radical (unpaired) electrons. The van der Waals surface area contributed by atoms with Crippen molar-refractivity contribution in [2.24, 2.45) is 0 Å². The third-order valence-corrected chi connectivity index (χ3v) is 10.8. The Balaban J connectivity index is 1.11. The third kappa shape index (κ3) is 3.97. The number of nitrogens with zero attached hydrogens (tertiary/aromatic N) is 4. The molecule has 3 atom stereocenters. The number of rotatable bonds is 5. The van der Waals surface area contributed by atoms with Gasteiger partial charge in [-0.25, -0.2) is 18.4 Å². The van der Waals surface area contributed by atoms with E-state index < -0.39 is 15.3 Å². The predicted molar refractivity (Wildman–Crippen MR) is 161 cm³/mol. The van der Waals surface area contributed by atoms with Crippen molar-refractivity contribution >= 4 is 49.8 Å². The molecule has 3 N–H and O–H groups in total. The van der Waals surface area contributed by atoms with Crippen LogP contribution in [-0.4, -0.2) is 72.3 Å². The van der Waals surface area contributed by atoms with E-state index in [9.17, 15) is 13.2 Å². The first-order valence-electron chi connectivity index (χ1n) is 14.4. The highest BCUT2D eigenvalue weighted by Gasteiger charge is 2.65. The lowest BCUT2D eigenvalue weighted by atomic mass is 9.91. The standard InChI is InChI=1S/C30H31N7O5S/c1-15(2)25-32-27(24-28(34-25)37-8-9-43(39,40)14-17(37)13-42-24)33-26-19-6-4-16(10-23(19)35-36-26)21-12-30(21)20-11-18(41-3)5-7-22(20)31-29(30)38/h4-7,10-11,15,17,21H,8-9,12-14H2,1-3H3,(H,31,38)(H2,32,33,34,35,36)/t17?,21-,30-/m0/s1. The number of nitrogens with one attached hydrogen (secondary N) is 3. The Morgan fingerprint density at radius 1 is 1.16 bits per heavy atom. The molecule has 0 bridgehead atoms. The van der Waals surface area contributed by atoms with Gasteiger partial charge < -0.3 is 25.0 Å². The molecule has 4 aromatic rings. The summed E-state index contributed by atoms with van der Waals surface area (Å²) >= 11 is 0. The van der Waals surface area contributed by atoms with Gasteiger partial charge >= 0.3 is 0 Å². The van der Waals surface area contributed by atoms with Crippen molar-refractivity contribution in [3.8, 4) is 11.5 Å². The van der Waals surface area contributed by atoms with Crippen LogP contribution < -0.4 is 25.0 Å². The van der Waals surface area contributed by atoms with Crippen LogP contribution >= 0.6 is 0 Å². The molecule has 1 spiro atoms. The summed E-state index contributed by atoms with van der Waals surface area (Å²) in [6, 6.07) is 11.6. The highest BCUT2D eigenvalue weighted by Crippen LogP contribution is 2.65. The van der Waals surface area contributed by atoms with Gasteiger partial charge in [0.25, 0.3) is 0 Å². The summed E-state index contributed by atoms with van der Waals surface area (Å²) < 4.78 is 36.1. The second-order valence-electron chi connectivity index (χ2n) is 12.1. The monoisotopic (exact) mass is 601 g/mol. The van der Waals surface area contributed by atoms with Gasteiger partial charge in [0.05, 0.1) is 35.6 Å². The number of carbonyl (C=O) groups excluding carboxylic acids is 1. The summed E-state index contributed by atoms with van der Waals surface area (Å²) in [5.41, 5.74) is 3.13. The van der Waals surface area contributed by atoms with Gasteiger partial charge in [-0.1, -0.05) is 19.9 Å². The molecule has 1 saturated heterocycles. The number of carbonyl (C=O) groups is 1. The largest absolute Gasteiger partial charge is 0.497 e. The minimum absolute atomic E-state index is 0.0239. The smallest absolute Gasteiger partial charge is 0.235 e. The summed E-state index contributed by atoms with van der Waals surface area (Å²) in [6.45, 7) is 4.64. The van der Waals surface area contributed by atoms with Crippen LogP contribution in [0.25, 0.3) is 10.9 Å². The van der Waals surface area contributed by atoms with E-state index in [1.54, 1.807) is 7.11 Å². The van der Waals surface area contributed by atoms with Crippen LogP contribution in [0.5, 0.6) is 11.5 Å². The normalized spacial score (nSPS) is 24.7. The lowest BCUT2D eigenvalue weighted by Crippen LogP contribution is -2.54. The van der Waals surface area contributed by atoms with E-state index in [-0.39, 0.29) is 41.9 Å². The van der Waals surface area contributed by atoms with Gasteiger partial charge in [-0.05, 0) is 47.9 Å². The van der Waals surface area contributed by atoms with Crippen molar-refractivity contribution < 1.29 is 22.7 Å². The van der Waals surface area contributed by atoms with E-state index in [1.807, 2.05) is 43.0 Å². The number of aromatic nitrogens is 4. The number of H-pyrrole nitrogens is 1. The van der Waals surface area contributed by atoms with Crippen LogP contribution in [0.3, 0.4) is 0 Å². The molecule has 43 heavy (non-hydrogen) atoms. The molecule has 222 valence electrons. The van der Waals surface area contributed by atoms with Crippen molar-refractivity contribution in [2.75, 3.05) is 47.3 Å². The molecule has 5 heterocycles. The average Bonchev–Trinajstić information content (AvgIpc) is 3.54. The fourth-order valence-corrected chi connectivity index (χ4v) is 8.27. The number of hydrogen-bond acceptors (Lipinski definition) is 10. The molecule has 8 rings (SSSR count). The lowest BCUT2D eigenvalue weighted by Gasteiger charge is -2.40. The molecule has 1 unspecified atom stereocenters. The average molecular weight is 602 g/mol. The number of fused-ring (bicyclic) bond motifs is 6. The fraction of sp³-hybridized carbons (Fsp3) is 0.400. The van der Waals surface area contributed by atoms with Gasteiger partial charge in [-0.3, -0.25) is 9.89 Å². The molecular weight excluding hydrogens is 570 g/mol. The predicted octanol–water partition coefficient (Wildman–Crippen LogP) is 3.60. The van der Waals surface area contributed by atoms with Crippen LogP contribution in [0.4, 0.5) is 23.1 Å². The maximum atomic E-state index is 13.1. The van der Waals surface area contributed by atoms with Crippen molar-refractivity contribution in [1.29, 1.82) is 0 Å². The van der Waals surface area contributed by atoms with E-state index in [0.717, 1.165) is 39.9 Å². The summed E-state index contributed by atoms with van der Waals surface area (Å²) in [5.74, 6) is 3.79. The zero-order chi connectivity index (χ0) is 29.7. The minimum atomic E-state index is -3.11. The van der Waals surface area contributed by atoms with Crippen molar-refractivity contribution in [1.82, 2.24) is 20.2 Å². The zero-order valence-corrected chi connectivity index (χ0v) is 24.8. The molecule has 1 aliphatic carbocycles. The molecule has 2 fully saturated rings. The molecule has 2 aromatic heterocycles. The van der Waals surface area contributed by atoms with Crippen LogP contribution in [0, 0.1) is 0 Å². The van der Waals surface area contributed by atoms with E-state index >= 15 is 0 Å². The molecule has 1 saturated carbocycles. The van der Waals surface area contributed by atoms with Gasteiger partial charge in [0.1, 0.15) is 18.2 Å². The maximum Gasteiger partial charge on any atom is 0.235 e. The number of amides is 1. The first kappa shape index (κ1) is 26.3. The quantitative estimate of drug-likeness (QED) is 0.309. The molecule has 2 aromatic carbocycles. The Bertz CT molecular complexity index is 1940. The summed E-state index contributed by atoms with van der Waals surface area (Å²) in [4.78, 5) is 24.7. The molecule has 3 aliphatic heterocycles.